The molecule has 0 aromatic rings. The van der Waals surface area contributed by atoms with Gasteiger partial charge < -0.3 is 4.74 Å². The fourth-order valence-electron chi connectivity index (χ4n) is 2.80. The van der Waals surface area contributed by atoms with Crippen LogP contribution in [0.25, 0.3) is 0 Å². The molecule has 0 aromatic carbocycles. The third kappa shape index (κ3) is 2.35. The molecule has 0 heterocycles. The zero-order valence-corrected chi connectivity index (χ0v) is 9.16. The Hall–Kier alpha value is -0.370. The minimum absolute atomic E-state index is 0.255. The number of carbonyl (C=O) groups excluding carboxylic acids is 1. The summed E-state index contributed by atoms with van der Waals surface area (Å²) in [4.78, 5) is 10.8. The van der Waals surface area contributed by atoms with Gasteiger partial charge in [0.25, 0.3) is 0 Å². The van der Waals surface area contributed by atoms with Crippen molar-refractivity contribution in [1.29, 1.82) is 0 Å². The number of hydrogen-bond acceptors (Lipinski definition) is 2. The predicted octanol–water partition coefficient (Wildman–Crippen LogP) is 2.56. The van der Waals surface area contributed by atoms with E-state index >= 15 is 0 Å². The van der Waals surface area contributed by atoms with Gasteiger partial charge in [0, 0.05) is 12.8 Å². The maximum absolute atomic E-state index is 10.8. The van der Waals surface area contributed by atoms with Gasteiger partial charge in [-0.05, 0) is 31.1 Å². The van der Waals surface area contributed by atoms with E-state index < -0.39 is 0 Å². The Morgan fingerprint density at radius 1 is 1.00 bits per heavy atom. The van der Waals surface area contributed by atoms with Gasteiger partial charge in [-0.2, -0.15) is 0 Å². The molecule has 0 aliphatic heterocycles. The van der Waals surface area contributed by atoms with Gasteiger partial charge in [0.05, 0.1) is 12.2 Å². The van der Waals surface area contributed by atoms with E-state index in [4.69, 9.17) is 4.74 Å². The van der Waals surface area contributed by atoms with Crippen LogP contribution in [0.1, 0.15) is 46.0 Å². The molecular formula is C12H20O2. The van der Waals surface area contributed by atoms with Crippen LogP contribution in [0.5, 0.6) is 0 Å². The molecule has 0 radical (unpaired) electrons. The summed E-state index contributed by atoms with van der Waals surface area (Å²) < 4.78 is 5.92. The topological polar surface area (TPSA) is 26.3 Å². The van der Waals surface area contributed by atoms with Gasteiger partial charge in [0.1, 0.15) is 5.78 Å². The van der Waals surface area contributed by atoms with Gasteiger partial charge >= 0.3 is 0 Å². The molecule has 14 heavy (non-hydrogen) atoms. The fraction of sp³-hybridized carbons (Fsp3) is 0.917. The SMILES string of the molecule is CC1CC(C)CC(OC2CC(=O)C2)C1. The molecule has 0 bridgehead atoms. The molecule has 0 saturated heterocycles. The lowest BCUT2D eigenvalue weighted by Gasteiger charge is -2.36. The normalized spacial score (nSPS) is 39.6. The van der Waals surface area contributed by atoms with Crippen molar-refractivity contribution in [3.63, 3.8) is 0 Å². The standard InChI is InChI=1S/C12H20O2/c1-8-3-9(2)5-11(4-8)14-12-6-10(13)7-12/h8-9,11-12H,3-7H2,1-2H3. The molecular weight excluding hydrogens is 176 g/mol. The first-order valence-corrected chi connectivity index (χ1v) is 5.80. The average molecular weight is 196 g/mol. The van der Waals surface area contributed by atoms with Crippen molar-refractivity contribution in [2.24, 2.45) is 11.8 Å². The molecule has 0 aromatic heterocycles. The number of ether oxygens (including phenoxy) is 1. The van der Waals surface area contributed by atoms with Crippen LogP contribution in [-0.4, -0.2) is 18.0 Å². The van der Waals surface area contributed by atoms with Crippen molar-refractivity contribution < 1.29 is 9.53 Å². The van der Waals surface area contributed by atoms with Gasteiger partial charge in [0.2, 0.25) is 0 Å². The fourth-order valence-corrected chi connectivity index (χ4v) is 2.80. The Morgan fingerprint density at radius 3 is 2.07 bits per heavy atom. The summed E-state index contributed by atoms with van der Waals surface area (Å²) in [6, 6.07) is 0. The lowest BCUT2D eigenvalue weighted by Crippen LogP contribution is -2.37. The lowest BCUT2D eigenvalue weighted by atomic mass is 9.81. The first-order valence-electron chi connectivity index (χ1n) is 5.80. The van der Waals surface area contributed by atoms with Crippen molar-refractivity contribution in [2.45, 2.75) is 58.2 Å². The predicted molar refractivity (Wildman–Crippen MR) is 55.1 cm³/mol. The van der Waals surface area contributed by atoms with E-state index in [0.717, 1.165) is 11.8 Å². The zero-order valence-electron chi connectivity index (χ0n) is 9.16. The molecule has 0 amide bonds. The summed E-state index contributed by atoms with van der Waals surface area (Å²) in [5, 5.41) is 0. The third-order valence-electron chi connectivity index (χ3n) is 3.43. The molecule has 2 rings (SSSR count). The van der Waals surface area contributed by atoms with Crippen molar-refractivity contribution in [3.8, 4) is 0 Å². The lowest BCUT2D eigenvalue weighted by molar-refractivity contribution is -0.141. The third-order valence-corrected chi connectivity index (χ3v) is 3.43. The molecule has 2 aliphatic carbocycles. The highest BCUT2D eigenvalue weighted by atomic mass is 16.5. The van der Waals surface area contributed by atoms with E-state index in [9.17, 15) is 4.79 Å². The molecule has 2 saturated carbocycles. The zero-order chi connectivity index (χ0) is 10.1. The first-order chi connectivity index (χ1) is 6.63. The van der Waals surface area contributed by atoms with Crippen LogP contribution in [0.3, 0.4) is 0 Å². The summed E-state index contributed by atoms with van der Waals surface area (Å²) in [6.45, 7) is 4.61. The monoisotopic (exact) mass is 196 g/mol. The maximum Gasteiger partial charge on any atom is 0.138 e. The number of rotatable bonds is 2. The van der Waals surface area contributed by atoms with Crippen LogP contribution < -0.4 is 0 Å². The van der Waals surface area contributed by atoms with Gasteiger partial charge in [-0.3, -0.25) is 4.79 Å². The van der Waals surface area contributed by atoms with Gasteiger partial charge in [-0.1, -0.05) is 13.8 Å². The van der Waals surface area contributed by atoms with Crippen molar-refractivity contribution >= 4 is 5.78 Å². The van der Waals surface area contributed by atoms with Gasteiger partial charge in [-0.25, -0.2) is 0 Å². The molecule has 0 spiro atoms. The highest BCUT2D eigenvalue weighted by molar-refractivity contribution is 5.85. The van der Waals surface area contributed by atoms with E-state index in [1.54, 1.807) is 0 Å². The van der Waals surface area contributed by atoms with Gasteiger partial charge in [0.15, 0.2) is 0 Å². The van der Waals surface area contributed by atoms with Crippen LogP contribution in [0.15, 0.2) is 0 Å². The Labute approximate surface area is 86.0 Å². The van der Waals surface area contributed by atoms with E-state index in [0.29, 0.717) is 24.7 Å². The highest BCUT2D eigenvalue weighted by Crippen LogP contribution is 2.33. The second kappa shape index (κ2) is 4.01. The molecule has 2 atom stereocenters. The molecule has 2 heteroatoms. The molecule has 2 unspecified atom stereocenters. The molecule has 2 nitrogen and oxygen atoms in total. The Bertz CT molecular complexity index is 206. The van der Waals surface area contributed by atoms with Crippen molar-refractivity contribution in [2.75, 3.05) is 0 Å². The summed E-state index contributed by atoms with van der Waals surface area (Å²) in [5.41, 5.74) is 0. The number of carbonyl (C=O) groups is 1. The molecule has 2 aliphatic rings. The van der Waals surface area contributed by atoms with E-state index in [-0.39, 0.29) is 6.10 Å². The molecule has 2 fully saturated rings. The minimum Gasteiger partial charge on any atom is -0.374 e. The van der Waals surface area contributed by atoms with Crippen LogP contribution >= 0.6 is 0 Å². The second-order valence-corrected chi connectivity index (χ2v) is 5.24. The van der Waals surface area contributed by atoms with Gasteiger partial charge in [-0.15, -0.1) is 0 Å². The number of ketones is 1. The highest BCUT2D eigenvalue weighted by Gasteiger charge is 2.32. The van der Waals surface area contributed by atoms with Crippen LogP contribution in [0, 0.1) is 11.8 Å². The van der Waals surface area contributed by atoms with Crippen molar-refractivity contribution in [1.82, 2.24) is 0 Å². The quantitative estimate of drug-likeness (QED) is 0.678. The van der Waals surface area contributed by atoms with Crippen LogP contribution in [0.4, 0.5) is 0 Å². The largest absolute Gasteiger partial charge is 0.374 e. The minimum atomic E-state index is 0.255. The Morgan fingerprint density at radius 2 is 1.57 bits per heavy atom. The Kier molecular flexibility index (Phi) is 2.91. The number of Topliss-reactive ketones (excluding diaryl/α,β-unsaturated/α-hetero) is 1. The second-order valence-electron chi connectivity index (χ2n) is 5.24. The Balaban J connectivity index is 1.77. The van der Waals surface area contributed by atoms with E-state index in [1.165, 1.54) is 19.3 Å². The molecule has 0 N–H and O–H groups in total. The van der Waals surface area contributed by atoms with E-state index in [2.05, 4.69) is 13.8 Å². The maximum atomic E-state index is 10.8. The van der Waals surface area contributed by atoms with Crippen molar-refractivity contribution in [3.05, 3.63) is 0 Å². The van der Waals surface area contributed by atoms with Crippen LogP contribution in [-0.2, 0) is 9.53 Å². The summed E-state index contributed by atoms with van der Waals surface area (Å²) in [5.74, 6) is 1.95. The summed E-state index contributed by atoms with van der Waals surface area (Å²) in [7, 11) is 0. The smallest absolute Gasteiger partial charge is 0.138 e. The summed E-state index contributed by atoms with van der Waals surface area (Å²) in [6.07, 6.45) is 5.73. The first kappa shape index (κ1) is 10.2. The van der Waals surface area contributed by atoms with Crippen LogP contribution in [0.2, 0.25) is 0 Å². The van der Waals surface area contributed by atoms with E-state index in [1.807, 2.05) is 0 Å². The average Bonchev–Trinajstić information content (AvgIpc) is 1.99. The number of hydrogen-bond donors (Lipinski definition) is 0. The molecule has 80 valence electrons. The summed E-state index contributed by atoms with van der Waals surface area (Å²) >= 11 is 0.